The molecule has 0 unspecified atom stereocenters. The quantitative estimate of drug-likeness (QED) is 0.285. The lowest BCUT2D eigenvalue weighted by atomic mass is 10.0. The van der Waals surface area contributed by atoms with Gasteiger partial charge in [0.2, 0.25) is 0 Å². The molecule has 0 radical (unpaired) electrons. The van der Waals surface area contributed by atoms with E-state index < -0.39 is 5.97 Å². The van der Waals surface area contributed by atoms with Crippen molar-refractivity contribution in [3.05, 3.63) is 89.2 Å². The molecule has 0 aliphatic carbocycles. The van der Waals surface area contributed by atoms with Gasteiger partial charge >= 0.3 is 5.97 Å². The van der Waals surface area contributed by atoms with Gasteiger partial charge in [-0.05, 0) is 16.7 Å². The Balaban J connectivity index is 1.94. The molecule has 1 N–H and O–H groups in total. The second-order valence-electron chi connectivity index (χ2n) is 5.50. The Labute approximate surface area is 164 Å². The Morgan fingerprint density at radius 2 is 1.81 bits per heavy atom. The number of nitrogens with one attached hydrogen (secondary N) is 1. The first-order valence-electron chi connectivity index (χ1n) is 8.28. The summed E-state index contributed by atoms with van der Waals surface area (Å²) in [4.78, 5) is 17.5. The predicted molar refractivity (Wildman–Crippen MR) is 108 cm³/mol. The number of benzene rings is 2. The molecule has 0 heterocycles. The standard InChI is InChI=1S/C21H23NO4S/c1-16(22-26-13-17-9-5-4-6-10-17)27-15-18-11-7-8-12-19(18)20(14-24-2)21(23)25-3/h4-12,14,22H,1,13,15H2,2-3H3. The molecule has 0 bridgehead atoms. The molecule has 2 rings (SSSR count). The fourth-order valence-corrected chi connectivity index (χ4v) is 3.03. The molecule has 2 aromatic carbocycles. The van der Waals surface area contributed by atoms with E-state index in [4.69, 9.17) is 14.3 Å². The minimum Gasteiger partial charge on any atom is -0.503 e. The van der Waals surface area contributed by atoms with Gasteiger partial charge in [0.1, 0.15) is 5.57 Å². The number of carbonyl (C=O) groups is 1. The topological polar surface area (TPSA) is 56.8 Å². The molecule has 0 saturated carbocycles. The lowest BCUT2D eigenvalue weighted by Gasteiger charge is -2.13. The van der Waals surface area contributed by atoms with Crippen LogP contribution in [0.5, 0.6) is 0 Å². The van der Waals surface area contributed by atoms with Crippen LogP contribution < -0.4 is 5.48 Å². The highest BCUT2D eigenvalue weighted by Crippen LogP contribution is 2.26. The summed E-state index contributed by atoms with van der Waals surface area (Å²) in [6.45, 7) is 4.40. The number of hydrogen-bond donors (Lipinski definition) is 1. The Kier molecular flexibility index (Phi) is 8.48. The number of thioether (sulfide) groups is 1. The number of methoxy groups -OCH3 is 2. The molecule has 0 fully saturated rings. The molecule has 0 saturated heterocycles. The lowest BCUT2D eigenvalue weighted by Crippen LogP contribution is -2.11. The number of hydroxylamine groups is 1. The highest BCUT2D eigenvalue weighted by atomic mass is 32.2. The van der Waals surface area contributed by atoms with E-state index in [1.165, 1.54) is 32.2 Å². The molecule has 0 aromatic heterocycles. The van der Waals surface area contributed by atoms with Gasteiger partial charge in [0.15, 0.2) is 0 Å². The average Bonchev–Trinajstić information content (AvgIpc) is 2.71. The maximum absolute atomic E-state index is 12.0. The number of carbonyl (C=O) groups excluding carboxylic acids is 1. The van der Waals surface area contributed by atoms with Crippen molar-refractivity contribution in [2.45, 2.75) is 12.4 Å². The van der Waals surface area contributed by atoms with Crippen molar-refractivity contribution in [1.82, 2.24) is 5.48 Å². The van der Waals surface area contributed by atoms with E-state index >= 15 is 0 Å². The van der Waals surface area contributed by atoms with Crippen LogP contribution in [0.1, 0.15) is 16.7 Å². The van der Waals surface area contributed by atoms with Crippen LogP contribution in [-0.2, 0) is 31.5 Å². The van der Waals surface area contributed by atoms with E-state index in [0.717, 1.165) is 16.7 Å². The summed E-state index contributed by atoms with van der Waals surface area (Å²) in [6, 6.07) is 17.5. The SMILES string of the molecule is C=C(NOCc1ccccc1)SCc1ccccc1C(=COC)C(=O)OC. The zero-order valence-corrected chi connectivity index (χ0v) is 16.3. The molecule has 142 valence electrons. The Hall–Kier alpha value is -2.70. The van der Waals surface area contributed by atoms with Gasteiger partial charge in [-0.3, -0.25) is 10.3 Å². The van der Waals surface area contributed by atoms with E-state index in [1.54, 1.807) is 0 Å². The third-order valence-electron chi connectivity index (χ3n) is 3.62. The summed E-state index contributed by atoms with van der Waals surface area (Å²) >= 11 is 1.48. The predicted octanol–water partition coefficient (Wildman–Crippen LogP) is 4.27. The molecule has 2 aromatic rings. The minimum absolute atomic E-state index is 0.370. The number of rotatable bonds is 10. The minimum atomic E-state index is -0.447. The molecule has 27 heavy (non-hydrogen) atoms. The Morgan fingerprint density at radius 1 is 1.11 bits per heavy atom. The van der Waals surface area contributed by atoms with Gasteiger partial charge in [-0.15, -0.1) is 11.8 Å². The maximum atomic E-state index is 12.0. The zero-order valence-electron chi connectivity index (χ0n) is 15.4. The molecular weight excluding hydrogens is 362 g/mol. The van der Waals surface area contributed by atoms with Crippen LogP contribution in [0.15, 0.2) is 72.5 Å². The smallest absolute Gasteiger partial charge is 0.341 e. The van der Waals surface area contributed by atoms with Crippen LogP contribution in [0.3, 0.4) is 0 Å². The summed E-state index contributed by atoms with van der Waals surface area (Å²) in [5.41, 5.74) is 6.01. The van der Waals surface area contributed by atoms with Crippen molar-refractivity contribution in [2.75, 3.05) is 14.2 Å². The zero-order chi connectivity index (χ0) is 19.5. The molecule has 5 nitrogen and oxygen atoms in total. The Morgan fingerprint density at radius 3 is 2.52 bits per heavy atom. The number of esters is 1. The van der Waals surface area contributed by atoms with Gasteiger partial charge in [0.05, 0.1) is 32.1 Å². The second kappa shape index (κ2) is 11.1. The summed E-state index contributed by atoms with van der Waals surface area (Å²) in [6.07, 6.45) is 1.39. The highest BCUT2D eigenvalue weighted by Gasteiger charge is 2.16. The first-order chi connectivity index (χ1) is 13.2. The van der Waals surface area contributed by atoms with Crippen LogP contribution in [0.4, 0.5) is 0 Å². The molecule has 0 spiro atoms. The fourth-order valence-electron chi connectivity index (χ4n) is 2.33. The van der Waals surface area contributed by atoms with Crippen LogP contribution >= 0.6 is 11.8 Å². The first kappa shape index (κ1) is 20.6. The third-order valence-corrected chi connectivity index (χ3v) is 4.51. The number of ether oxygens (including phenoxy) is 2. The van der Waals surface area contributed by atoms with Gasteiger partial charge in [-0.1, -0.05) is 61.2 Å². The van der Waals surface area contributed by atoms with Crippen molar-refractivity contribution in [3.8, 4) is 0 Å². The van der Waals surface area contributed by atoms with Crippen LogP contribution in [0.2, 0.25) is 0 Å². The molecular formula is C21H23NO4S. The maximum Gasteiger partial charge on any atom is 0.341 e. The van der Waals surface area contributed by atoms with E-state index in [0.29, 0.717) is 23.0 Å². The first-order valence-corrected chi connectivity index (χ1v) is 9.27. The normalized spacial score (nSPS) is 11.0. The fraction of sp³-hybridized carbons (Fsp3) is 0.190. The van der Waals surface area contributed by atoms with E-state index in [2.05, 4.69) is 12.1 Å². The molecule has 0 amide bonds. The number of hydrogen-bond acceptors (Lipinski definition) is 6. The van der Waals surface area contributed by atoms with Crippen molar-refractivity contribution in [3.63, 3.8) is 0 Å². The lowest BCUT2D eigenvalue weighted by molar-refractivity contribution is -0.133. The van der Waals surface area contributed by atoms with Crippen molar-refractivity contribution < 1.29 is 19.1 Å². The molecule has 6 heteroatoms. The largest absolute Gasteiger partial charge is 0.503 e. The van der Waals surface area contributed by atoms with E-state index in [1.807, 2.05) is 54.6 Å². The van der Waals surface area contributed by atoms with Gasteiger partial charge < -0.3 is 9.47 Å². The molecule has 0 aliphatic rings. The monoisotopic (exact) mass is 385 g/mol. The van der Waals surface area contributed by atoms with Crippen LogP contribution in [-0.4, -0.2) is 20.2 Å². The average molecular weight is 385 g/mol. The third kappa shape index (κ3) is 6.51. The van der Waals surface area contributed by atoms with Crippen molar-refractivity contribution >= 4 is 23.3 Å². The summed E-state index contributed by atoms with van der Waals surface area (Å²) in [7, 11) is 2.84. The van der Waals surface area contributed by atoms with Crippen LogP contribution in [0.25, 0.3) is 5.57 Å². The second-order valence-corrected chi connectivity index (χ2v) is 6.57. The van der Waals surface area contributed by atoms with E-state index in [-0.39, 0.29) is 0 Å². The van der Waals surface area contributed by atoms with Gasteiger partial charge in [-0.25, -0.2) is 4.79 Å². The molecule has 0 aliphatic heterocycles. The Bertz CT molecular complexity index is 790. The van der Waals surface area contributed by atoms with E-state index in [9.17, 15) is 4.79 Å². The summed E-state index contributed by atoms with van der Waals surface area (Å²) in [5.74, 6) is 0.159. The summed E-state index contributed by atoms with van der Waals surface area (Å²) < 4.78 is 9.89. The highest BCUT2D eigenvalue weighted by molar-refractivity contribution is 8.02. The van der Waals surface area contributed by atoms with Crippen molar-refractivity contribution in [2.24, 2.45) is 0 Å². The van der Waals surface area contributed by atoms with Crippen LogP contribution in [0, 0.1) is 0 Å². The van der Waals surface area contributed by atoms with Crippen molar-refractivity contribution in [1.29, 1.82) is 0 Å². The summed E-state index contributed by atoms with van der Waals surface area (Å²) in [5, 5.41) is 0.677. The van der Waals surface area contributed by atoms with Gasteiger partial charge in [0, 0.05) is 5.75 Å². The molecule has 0 atom stereocenters. The van der Waals surface area contributed by atoms with Gasteiger partial charge in [0.25, 0.3) is 0 Å². The van der Waals surface area contributed by atoms with Gasteiger partial charge in [-0.2, -0.15) is 0 Å².